The van der Waals surface area contributed by atoms with E-state index in [1.54, 1.807) is 0 Å². The van der Waals surface area contributed by atoms with Crippen LogP contribution in [0.2, 0.25) is 5.02 Å². The Kier molecular flexibility index (Phi) is 3.10. The summed E-state index contributed by atoms with van der Waals surface area (Å²) in [5, 5.41) is 13.8. The minimum absolute atomic E-state index is 0.0674. The van der Waals surface area contributed by atoms with E-state index in [4.69, 9.17) is 16.3 Å². The molecule has 0 amide bonds. The number of benzene rings is 1. The van der Waals surface area contributed by atoms with Gasteiger partial charge in [0, 0.05) is 17.1 Å². The number of aliphatic hydroxyl groups excluding tert-OH is 1. The first-order valence-electron chi connectivity index (χ1n) is 6.38. The van der Waals surface area contributed by atoms with Crippen molar-refractivity contribution in [3.05, 3.63) is 34.9 Å². The van der Waals surface area contributed by atoms with Gasteiger partial charge in [-0.2, -0.15) is 0 Å². The van der Waals surface area contributed by atoms with Crippen LogP contribution < -0.4 is 5.32 Å². The zero-order valence-corrected chi connectivity index (χ0v) is 11.0. The van der Waals surface area contributed by atoms with Gasteiger partial charge in [0.1, 0.15) is 0 Å². The molecule has 3 rings (SSSR count). The minimum Gasteiger partial charge on any atom is -0.396 e. The molecule has 1 aliphatic heterocycles. The number of halogens is 1. The van der Waals surface area contributed by atoms with Crippen molar-refractivity contribution in [1.82, 2.24) is 5.32 Å². The minimum atomic E-state index is -0.0674. The van der Waals surface area contributed by atoms with Crippen LogP contribution in [0.4, 0.5) is 0 Å². The average molecular weight is 268 g/mol. The van der Waals surface area contributed by atoms with Crippen molar-refractivity contribution < 1.29 is 9.84 Å². The Morgan fingerprint density at radius 3 is 2.33 bits per heavy atom. The fourth-order valence-electron chi connectivity index (χ4n) is 2.46. The van der Waals surface area contributed by atoms with Gasteiger partial charge in [-0.25, -0.2) is 0 Å². The zero-order chi connectivity index (χ0) is 12.6. The number of hydrogen-bond donors (Lipinski definition) is 2. The van der Waals surface area contributed by atoms with Crippen LogP contribution >= 0.6 is 11.6 Å². The Balaban J connectivity index is 1.66. The van der Waals surface area contributed by atoms with Gasteiger partial charge in [0.15, 0.2) is 0 Å². The second-order valence-corrected chi connectivity index (χ2v) is 6.03. The van der Waals surface area contributed by atoms with Crippen molar-refractivity contribution in [2.75, 3.05) is 26.4 Å². The molecule has 1 heterocycles. The molecule has 2 aliphatic rings. The summed E-state index contributed by atoms with van der Waals surface area (Å²) in [6.45, 7) is 2.32. The van der Waals surface area contributed by atoms with Crippen LogP contribution in [0.1, 0.15) is 18.4 Å². The van der Waals surface area contributed by atoms with Crippen molar-refractivity contribution in [3.8, 4) is 0 Å². The molecular weight excluding hydrogens is 250 g/mol. The van der Waals surface area contributed by atoms with E-state index in [1.165, 1.54) is 5.56 Å². The Morgan fingerprint density at radius 1 is 1.22 bits per heavy atom. The molecule has 0 radical (unpaired) electrons. The quantitative estimate of drug-likeness (QED) is 0.857. The molecule has 2 N–H and O–H groups in total. The molecule has 18 heavy (non-hydrogen) atoms. The Labute approximate surface area is 112 Å². The van der Waals surface area contributed by atoms with Gasteiger partial charge in [-0.15, -0.1) is 0 Å². The summed E-state index contributed by atoms with van der Waals surface area (Å²) in [6.07, 6.45) is 2.30. The number of rotatable bonds is 5. The lowest BCUT2D eigenvalue weighted by atomic mass is 9.86. The lowest BCUT2D eigenvalue weighted by molar-refractivity contribution is -0.135. The molecule has 1 aliphatic carbocycles. The summed E-state index contributed by atoms with van der Waals surface area (Å²) in [4.78, 5) is 0. The van der Waals surface area contributed by atoms with Crippen molar-refractivity contribution in [2.45, 2.75) is 18.4 Å². The summed E-state index contributed by atoms with van der Waals surface area (Å²) in [6, 6.07) is 8.05. The molecule has 0 bridgehead atoms. The lowest BCUT2D eigenvalue weighted by Gasteiger charge is -2.41. The molecule has 3 nitrogen and oxygen atoms in total. The molecular formula is C14H18ClNO2. The molecule has 0 unspecified atom stereocenters. The lowest BCUT2D eigenvalue weighted by Crippen LogP contribution is -2.53. The largest absolute Gasteiger partial charge is 0.396 e. The summed E-state index contributed by atoms with van der Waals surface area (Å²) >= 11 is 5.92. The van der Waals surface area contributed by atoms with Gasteiger partial charge in [-0.05, 0) is 30.5 Å². The van der Waals surface area contributed by atoms with Crippen LogP contribution in [-0.2, 0) is 10.3 Å². The molecule has 1 saturated heterocycles. The van der Waals surface area contributed by atoms with Crippen molar-refractivity contribution in [1.29, 1.82) is 0 Å². The van der Waals surface area contributed by atoms with Crippen LogP contribution in [0.5, 0.6) is 0 Å². The first-order valence-corrected chi connectivity index (χ1v) is 6.76. The van der Waals surface area contributed by atoms with Gasteiger partial charge in [0.2, 0.25) is 0 Å². The first kappa shape index (κ1) is 12.4. The SMILES string of the molecule is OCC1(CNC2(c3ccc(Cl)cc3)CC2)COC1. The van der Waals surface area contributed by atoms with Crippen molar-refractivity contribution in [3.63, 3.8) is 0 Å². The third-order valence-corrected chi connectivity index (χ3v) is 4.35. The fourth-order valence-corrected chi connectivity index (χ4v) is 2.58. The topological polar surface area (TPSA) is 41.5 Å². The molecule has 4 heteroatoms. The molecule has 2 fully saturated rings. The maximum absolute atomic E-state index is 9.42. The number of nitrogens with one attached hydrogen (secondary N) is 1. The van der Waals surface area contributed by atoms with E-state index in [0.717, 1.165) is 24.4 Å². The van der Waals surface area contributed by atoms with Crippen LogP contribution in [-0.4, -0.2) is 31.5 Å². The molecule has 0 atom stereocenters. The summed E-state index contributed by atoms with van der Waals surface area (Å²) in [7, 11) is 0. The molecule has 1 aromatic carbocycles. The number of ether oxygens (including phenoxy) is 1. The van der Waals surface area contributed by atoms with Gasteiger partial charge >= 0.3 is 0 Å². The van der Waals surface area contributed by atoms with Crippen LogP contribution in [0, 0.1) is 5.41 Å². The van der Waals surface area contributed by atoms with E-state index in [1.807, 2.05) is 12.1 Å². The monoisotopic (exact) mass is 267 g/mol. The van der Waals surface area contributed by atoms with Gasteiger partial charge < -0.3 is 15.2 Å². The van der Waals surface area contributed by atoms with Gasteiger partial charge in [0.25, 0.3) is 0 Å². The van der Waals surface area contributed by atoms with E-state index in [9.17, 15) is 5.11 Å². The van der Waals surface area contributed by atoms with E-state index in [2.05, 4.69) is 17.4 Å². The third-order valence-electron chi connectivity index (χ3n) is 4.10. The Morgan fingerprint density at radius 2 is 1.89 bits per heavy atom. The van der Waals surface area contributed by atoms with E-state index in [-0.39, 0.29) is 17.6 Å². The molecule has 0 aromatic heterocycles. The standard InChI is InChI=1S/C14H18ClNO2/c15-12-3-1-11(2-4-12)14(5-6-14)16-7-13(8-17)9-18-10-13/h1-4,16-17H,5-10H2. The predicted molar refractivity (Wildman–Crippen MR) is 70.7 cm³/mol. The second kappa shape index (κ2) is 4.49. The first-order chi connectivity index (χ1) is 8.68. The molecule has 1 aromatic rings. The molecule has 1 saturated carbocycles. The average Bonchev–Trinajstić information content (AvgIpc) is 3.10. The van der Waals surface area contributed by atoms with Crippen molar-refractivity contribution >= 4 is 11.6 Å². The van der Waals surface area contributed by atoms with Crippen molar-refractivity contribution in [2.24, 2.45) is 5.41 Å². The smallest absolute Gasteiger partial charge is 0.0579 e. The molecule has 0 spiro atoms. The summed E-state index contributed by atoms with van der Waals surface area (Å²) in [5.41, 5.74) is 1.32. The van der Waals surface area contributed by atoms with E-state index < -0.39 is 0 Å². The van der Waals surface area contributed by atoms with E-state index in [0.29, 0.717) is 13.2 Å². The van der Waals surface area contributed by atoms with E-state index >= 15 is 0 Å². The second-order valence-electron chi connectivity index (χ2n) is 5.59. The number of hydrogen-bond acceptors (Lipinski definition) is 3. The van der Waals surface area contributed by atoms with Gasteiger partial charge in [-0.3, -0.25) is 0 Å². The Bertz CT molecular complexity index is 418. The van der Waals surface area contributed by atoms with Crippen LogP contribution in [0.15, 0.2) is 24.3 Å². The van der Waals surface area contributed by atoms with Gasteiger partial charge in [0.05, 0.1) is 25.2 Å². The highest BCUT2D eigenvalue weighted by Gasteiger charge is 2.47. The third kappa shape index (κ3) is 2.16. The number of aliphatic hydroxyl groups is 1. The zero-order valence-electron chi connectivity index (χ0n) is 10.3. The maximum Gasteiger partial charge on any atom is 0.0579 e. The molecule has 98 valence electrons. The van der Waals surface area contributed by atoms with Gasteiger partial charge in [-0.1, -0.05) is 23.7 Å². The predicted octanol–water partition coefficient (Wildman–Crippen LogP) is 1.93. The summed E-state index contributed by atoms with van der Waals surface area (Å²) in [5.74, 6) is 0. The van der Waals surface area contributed by atoms with Crippen LogP contribution in [0.3, 0.4) is 0 Å². The highest BCUT2D eigenvalue weighted by Crippen LogP contribution is 2.46. The summed E-state index contributed by atoms with van der Waals surface area (Å²) < 4.78 is 5.22. The normalized spacial score (nSPS) is 23.4. The Hall–Kier alpha value is -0.610. The van der Waals surface area contributed by atoms with Crippen LogP contribution in [0.25, 0.3) is 0 Å². The maximum atomic E-state index is 9.42. The highest BCUT2D eigenvalue weighted by atomic mass is 35.5. The fraction of sp³-hybridized carbons (Fsp3) is 0.571. The highest BCUT2D eigenvalue weighted by molar-refractivity contribution is 6.30.